The molecule has 488 valence electrons. The molecule has 4 heterocycles. The number of esters is 4. The molecule has 0 saturated carbocycles. The van der Waals surface area contributed by atoms with Gasteiger partial charge in [-0.2, -0.15) is 9.97 Å². The van der Waals surface area contributed by atoms with Crippen molar-refractivity contribution in [2.75, 3.05) is 30.4 Å². The maximum Gasteiger partial charge on any atom is 0.472 e. The van der Waals surface area contributed by atoms with Crippen molar-refractivity contribution in [3.05, 3.63) is 45.5 Å². The number of ether oxygens (including phenoxy) is 6. The Balaban J connectivity index is 1.28. The molecule has 4 rings (SSSR count). The minimum atomic E-state index is -5.17. The second-order valence-corrected chi connectivity index (χ2v) is 24.4. The summed E-state index contributed by atoms with van der Waals surface area (Å²) in [7, 11) is -5.17. The Morgan fingerprint density at radius 1 is 0.488 bits per heavy atom. The predicted octanol–water partition coefficient (Wildman–Crippen LogP) is 12.0. The summed E-state index contributed by atoms with van der Waals surface area (Å²) in [6.07, 6.45) is 29.0. The van der Waals surface area contributed by atoms with Gasteiger partial charge < -0.3 is 43.9 Å². The first-order valence-electron chi connectivity index (χ1n) is 32.3. The average Bonchev–Trinajstić information content (AvgIpc) is 2.24. The lowest BCUT2D eigenvalue weighted by molar-refractivity contribution is -0.166. The smallest absolute Gasteiger partial charge is 0.456 e. The molecule has 2 aliphatic rings. The van der Waals surface area contributed by atoms with E-state index < -0.39 is 105 Å². The third-order valence-electron chi connectivity index (χ3n) is 15.4. The highest BCUT2D eigenvalue weighted by molar-refractivity contribution is 7.47. The highest BCUT2D eigenvalue weighted by Gasteiger charge is 2.53. The first-order chi connectivity index (χ1) is 41.4. The quantitative estimate of drug-likeness (QED) is 0.0240. The maximum atomic E-state index is 13.6. The van der Waals surface area contributed by atoms with Crippen LogP contribution in [0.1, 0.15) is 259 Å². The molecular weight excluding hydrogens is 1130 g/mol. The second kappa shape index (κ2) is 42.0. The van der Waals surface area contributed by atoms with Crippen LogP contribution in [0.2, 0.25) is 0 Å². The molecule has 0 radical (unpaired) electrons. The number of hydrogen-bond donors (Lipinski definition) is 3. The van der Waals surface area contributed by atoms with E-state index in [1.54, 1.807) is 0 Å². The lowest BCUT2D eigenvalue weighted by atomic mass is 10.0. The normalized spacial score (nSPS) is 20.7. The van der Waals surface area contributed by atoms with Gasteiger partial charge in [-0.1, -0.05) is 200 Å². The molecule has 9 unspecified atom stereocenters. The van der Waals surface area contributed by atoms with Crippen molar-refractivity contribution in [1.29, 1.82) is 0 Å². The van der Waals surface area contributed by atoms with Crippen molar-refractivity contribution in [1.82, 2.24) is 19.1 Å². The predicted molar refractivity (Wildman–Crippen MR) is 325 cm³/mol. The molecule has 2 aliphatic heterocycles. The first-order valence-corrected chi connectivity index (χ1v) is 33.8. The van der Waals surface area contributed by atoms with Crippen LogP contribution in [0.25, 0.3) is 0 Å². The Kier molecular flexibility index (Phi) is 35.8. The second-order valence-electron chi connectivity index (χ2n) is 23.0. The van der Waals surface area contributed by atoms with Crippen LogP contribution in [0.4, 0.5) is 11.6 Å². The topological polar surface area (TPSA) is 290 Å². The molecule has 0 spiro atoms. The molecule has 2 aromatic rings. The lowest BCUT2D eigenvalue weighted by Crippen LogP contribution is -2.42. The van der Waals surface area contributed by atoms with Crippen LogP contribution in [0, 0.1) is 0 Å². The number of nitrogens with one attached hydrogen (secondary N) is 2. The fourth-order valence-corrected chi connectivity index (χ4v) is 11.7. The monoisotopic (exact) mass is 1230 g/mol. The van der Waals surface area contributed by atoms with Gasteiger partial charge in [0.1, 0.15) is 23.8 Å². The number of anilines is 2. The molecule has 0 aliphatic carbocycles. The van der Waals surface area contributed by atoms with Gasteiger partial charge in [-0.25, -0.2) is 14.2 Å². The van der Waals surface area contributed by atoms with E-state index >= 15 is 0 Å². The van der Waals surface area contributed by atoms with E-state index in [1.807, 2.05) is 0 Å². The van der Waals surface area contributed by atoms with E-state index in [9.17, 15) is 43.0 Å². The fourth-order valence-electron chi connectivity index (χ4n) is 10.9. The third kappa shape index (κ3) is 28.8. The summed E-state index contributed by atoms with van der Waals surface area (Å²) in [5.74, 6) is -3.42. The van der Waals surface area contributed by atoms with Crippen molar-refractivity contribution in [3.8, 4) is 0 Å². The molecule has 23 nitrogen and oxygen atoms in total. The number of phosphoric ester groups is 1. The van der Waals surface area contributed by atoms with Crippen molar-refractivity contribution < 1.29 is 70.9 Å². The van der Waals surface area contributed by atoms with Crippen LogP contribution >= 0.6 is 7.82 Å². The van der Waals surface area contributed by atoms with Gasteiger partial charge in [0.2, 0.25) is 5.91 Å². The molecule has 3 N–H and O–H groups in total. The Bertz CT molecular complexity index is 2480. The Morgan fingerprint density at radius 2 is 0.802 bits per heavy atom. The van der Waals surface area contributed by atoms with Gasteiger partial charge in [0.15, 0.2) is 36.9 Å². The van der Waals surface area contributed by atoms with Gasteiger partial charge in [-0.05, 0) is 25.0 Å². The average molecular weight is 1240 g/mol. The van der Waals surface area contributed by atoms with Gasteiger partial charge >= 0.3 is 43.1 Å². The van der Waals surface area contributed by atoms with Crippen LogP contribution < -0.4 is 22.0 Å². The number of carbonyl (C=O) groups excluding carboxylic acids is 5. The van der Waals surface area contributed by atoms with Crippen molar-refractivity contribution >= 4 is 49.2 Å². The van der Waals surface area contributed by atoms with E-state index in [1.165, 1.54) is 179 Å². The summed E-state index contributed by atoms with van der Waals surface area (Å²) in [5.41, 5.74) is -1.74. The molecular formula is C62H103N6O17P. The number of unbranched alkanes of at least 4 members (excludes halogenated alkanes) is 29. The molecule has 2 saturated heterocycles. The molecule has 86 heavy (non-hydrogen) atoms. The molecule has 9 atom stereocenters. The largest absolute Gasteiger partial charge is 0.472 e. The summed E-state index contributed by atoms with van der Waals surface area (Å²) >= 11 is 0. The Morgan fingerprint density at radius 3 is 1.15 bits per heavy atom. The number of phosphoric acid groups is 1. The molecule has 0 aromatic carbocycles. The molecule has 1 amide bonds. The first kappa shape index (κ1) is 73.4. The third-order valence-corrected chi connectivity index (χ3v) is 16.4. The van der Waals surface area contributed by atoms with E-state index in [0.29, 0.717) is 18.8 Å². The van der Waals surface area contributed by atoms with Crippen LogP contribution in [-0.2, 0) is 66.0 Å². The highest BCUT2D eigenvalue weighted by Crippen LogP contribution is 2.46. The summed E-state index contributed by atoms with van der Waals surface area (Å²) in [6.45, 7) is 7.71. The van der Waals surface area contributed by atoms with Crippen molar-refractivity contribution in [3.63, 3.8) is 0 Å². The standard InChI is InChI=1S/C62H103N6O17P/c1-7-9-11-13-15-17-19-21-23-25-27-29-31-33-35-37-41-63-52-39-42-67(61(74)65-52)59-57(82-48(5)71)55(80-46(3)69)50(84-59)44-78-86(76,77)79-45-51-56(81-47(4)70)58(83-49(6)72)60(85-51)68-43-40-53(66-62(68)75)64-54(73)38-36-34-32-30-28-26-24-22-20-18-16-14-12-10-8-2/h39-40,42-43,50-51,55-60H,7-38,41,44-45H2,1-6H3,(H,76,77)(H,63,65,74)(H,64,66,73,75). The van der Waals surface area contributed by atoms with Crippen LogP contribution in [0.3, 0.4) is 0 Å². The van der Waals surface area contributed by atoms with Gasteiger partial charge in [0.25, 0.3) is 0 Å². The van der Waals surface area contributed by atoms with Gasteiger partial charge in [-0.15, -0.1) is 0 Å². The maximum absolute atomic E-state index is 13.6. The Labute approximate surface area is 509 Å². The summed E-state index contributed by atoms with van der Waals surface area (Å²) < 4.78 is 60.3. The zero-order valence-electron chi connectivity index (χ0n) is 52.4. The van der Waals surface area contributed by atoms with E-state index in [4.69, 9.17) is 37.5 Å². The van der Waals surface area contributed by atoms with Crippen LogP contribution in [-0.4, -0.2) is 110 Å². The van der Waals surface area contributed by atoms with Crippen LogP contribution in [0.15, 0.2) is 34.1 Å². The Hall–Kier alpha value is -5.06. The number of carbonyl (C=O) groups is 5. The molecule has 2 fully saturated rings. The molecule has 2 aromatic heterocycles. The zero-order valence-corrected chi connectivity index (χ0v) is 53.3. The molecule has 0 bridgehead atoms. The number of hydrogen-bond acceptors (Lipinski definition) is 19. The fraction of sp³-hybridized carbons (Fsp3) is 0.790. The zero-order chi connectivity index (χ0) is 62.5. The summed E-state index contributed by atoms with van der Waals surface area (Å²) in [6, 6.07) is 2.88. The van der Waals surface area contributed by atoms with Gasteiger partial charge in [-0.3, -0.25) is 42.2 Å². The lowest BCUT2D eigenvalue weighted by Gasteiger charge is -2.24. The van der Waals surface area contributed by atoms with Crippen LogP contribution in [0.5, 0.6) is 0 Å². The van der Waals surface area contributed by atoms with E-state index in [2.05, 4.69) is 34.4 Å². The van der Waals surface area contributed by atoms with Gasteiger partial charge in [0, 0.05) is 53.1 Å². The van der Waals surface area contributed by atoms with Crippen molar-refractivity contribution in [2.24, 2.45) is 0 Å². The number of nitrogens with zero attached hydrogens (tertiary/aromatic N) is 4. The molecule has 24 heteroatoms. The summed E-state index contributed by atoms with van der Waals surface area (Å²) in [5, 5.41) is 5.81. The number of rotatable bonds is 47. The van der Waals surface area contributed by atoms with E-state index in [-0.39, 0.29) is 18.1 Å². The van der Waals surface area contributed by atoms with Crippen molar-refractivity contribution in [2.45, 2.75) is 296 Å². The number of amides is 1. The highest BCUT2D eigenvalue weighted by atomic mass is 31.2. The van der Waals surface area contributed by atoms with Gasteiger partial charge in [0.05, 0.1) is 13.2 Å². The van der Waals surface area contributed by atoms with E-state index in [0.717, 1.165) is 75.4 Å². The minimum Gasteiger partial charge on any atom is -0.456 e. The minimum absolute atomic E-state index is 0.0355. The summed E-state index contributed by atoms with van der Waals surface area (Å²) in [4.78, 5) is 109. The number of aromatic nitrogens is 4. The SMILES string of the molecule is CCCCCCCCCCCCCCCCCCNc1ccn(C2OC(COP(=O)(O)OCC3OC(n4ccc(NC(=O)CCCCCCCCCCCCCCCCC)nc4=O)C(OC(C)=O)C3OC(C)=O)C(OC(C)=O)C2OC(C)=O)c(=O)n1.